The predicted octanol–water partition coefficient (Wildman–Crippen LogP) is 6.68. The van der Waals surface area contributed by atoms with E-state index in [1.165, 1.54) is 25.3 Å². The normalized spacial score (nSPS) is 11.0. The maximum atomic E-state index is 13.5. The molecule has 0 unspecified atom stereocenters. The number of carbonyl (C=O) groups excluding carboxylic acids is 1. The van der Waals surface area contributed by atoms with Gasteiger partial charge in [-0.1, -0.05) is 53.5 Å². The highest BCUT2D eigenvalue weighted by Gasteiger charge is 2.22. The smallest absolute Gasteiger partial charge is 0.343 e. The lowest BCUT2D eigenvalue weighted by Crippen LogP contribution is -2.18. The van der Waals surface area contributed by atoms with E-state index in [0.717, 1.165) is 5.56 Å². The van der Waals surface area contributed by atoms with E-state index in [1.54, 1.807) is 60.7 Å². The second kappa shape index (κ2) is 12.2. The Morgan fingerprint density at radius 3 is 2.39 bits per heavy atom. The summed E-state index contributed by atoms with van der Waals surface area (Å²) in [5, 5.41) is 4.06. The third-order valence-corrected chi connectivity index (χ3v) is 7.50. The molecule has 38 heavy (non-hydrogen) atoms. The van der Waals surface area contributed by atoms with E-state index in [2.05, 4.69) is 10.0 Å². The predicted molar refractivity (Wildman–Crippen MR) is 150 cm³/mol. The van der Waals surface area contributed by atoms with Gasteiger partial charge < -0.3 is 14.8 Å². The number of halogens is 2. The third kappa shape index (κ3) is 6.98. The molecule has 4 aromatic carbocycles. The Kier molecular flexibility index (Phi) is 8.78. The Hall–Kier alpha value is -3.72. The van der Waals surface area contributed by atoms with Gasteiger partial charge >= 0.3 is 5.97 Å². The van der Waals surface area contributed by atoms with Crippen LogP contribution >= 0.6 is 23.2 Å². The number of rotatable bonds is 10. The summed E-state index contributed by atoms with van der Waals surface area (Å²) in [5.74, 6) is -0.0875. The first-order valence-electron chi connectivity index (χ1n) is 11.5. The molecule has 0 fully saturated rings. The zero-order chi connectivity index (χ0) is 27.1. The number of hydrogen-bond donors (Lipinski definition) is 2. The van der Waals surface area contributed by atoms with Crippen molar-refractivity contribution in [2.75, 3.05) is 23.7 Å². The van der Waals surface area contributed by atoms with Crippen molar-refractivity contribution in [2.24, 2.45) is 0 Å². The number of anilines is 2. The van der Waals surface area contributed by atoms with Gasteiger partial charge in [-0.05, 0) is 66.6 Å². The van der Waals surface area contributed by atoms with Crippen molar-refractivity contribution in [2.45, 2.75) is 11.3 Å². The van der Waals surface area contributed by atoms with Crippen LogP contribution in [0.2, 0.25) is 10.0 Å². The first-order chi connectivity index (χ1) is 18.2. The molecule has 4 aromatic rings. The van der Waals surface area contributed by atoms with Crippen LogP contribution in [-0.4, -0.2) is 28.0 Å². The third-order valence-electron chi connectivity index (χ3n) is 5.51. The topological polar surface area (TPSA) is 93.7 Å². The summed E-state index contributed by atoms with van der Waals surface area (Å²) in [7, 11) is -2.64. The van der Waals surface area contributed by atoms with Gasteiger partial charge in [-0.15, -0.1) is 0 Å². The number of methoxy groups -OCH3 is 1. The van der Waals surface area contributed by atoms with Crippen molar-refractivity contribution in [1.82, 2.24) is 0 Å². The van der Waals surface area contributed by atoms with Gasteiger partial charge in [0.25, 0.3) is 10.0 Å². The van der Waals surface area contributed by atoms with Gasteiger partial charge in [0.15, 0.2) is 0 Å². The largest absolute Gasteiger partial charge is 0.497 e. The zero-order valence-electron chi connectivity index (χ0n) is 20.3. The quantitative estimate of drug-likeness (QED) is 0.163. The van der Waals surface area contributed by atoms with E-state index >= 15 is 0 Å². The number of benzene rings is 4. The summed E-state index contributed by atoms with van der Waals surface area (Å²) in [5.41, 5.74) is 1.70. The number of hydrogen-bond acceptors (Lipinski definition) is 6. The lowest BCUT2D eigenvalue weighted by atomic mass is 10.1. The summed E-state index contributed by atoms with van der Waals surface area (Å²) in [4.78, 5) is 12.8. The highest BCUT2D eigenvalue weighted by atomic mass is 35.5. The molecule has 4 rings (SSSR count). The Morgan fingerprint density at radius 2 is 1.66 bits per heavy atom. The van der Waals surface area contributed by atoms with E-state index in [9.17, 15) is 13.2 Å². The molecule has 0 saturated carbocycles. The van der Waals surface area contributed by atoms with Crippen LogP contribution in [0.15, 0.2) is 95.9 Å². The number of ether oxygens (including phenoxy) is 2. The number of esters is 1. The minimum atomic E-state index is -4.13. The summed E-state index contributed by atoms with van der Waals surface area (Å²) in [6.07, 6.45) is 0.621. The Balaban J connectivity index is 1.62. The number of nitrogens with one attached hydrogen (secondary N) is 2. The van der Waals surface area contributed by atoms with Crippen LogP contribution in [-0.2, 0) is 16.4 Å². The van der Waals surface area contributed by atoms with Crippen LogP contribution in [0, 0.1) is 0 Å². The molecule has 0 aliphatic heterocycles. The SMILES string of the molecule is COc1cccc(NS(=O)(=O)c2cc(C(=O)Oc3ccccc3Cl)ccc2NCCc2ccc(Cl)cc2)c1. The molecule has 0 aromatic heterocycles. The van der Waals surface area contributed by atoms with E-state index in [4.69, 9.17) is 32.7 Å². The second-order valence-corrected chi connectivity index (χ2v) is 10.7. The summed E-state index contributed by atoms with van der Waals surface area (Å²) >= 11 is 12.1. The molecule has 0 spiro atoms. The molecule has 0 saturated heterocycles. The lowest BCUT2D eigenvalue weighted by molar-refractivity contribution is 0.0734. The first-order valence-corrected chi connectivity index (χ1v) is 13.7. The van der Waals surface area contributed by atoms with Crippen LogP contribution in [0.5, 0.6) is 11.5 Å². The molecule has 0 radical (unpaired) electrons. The second-order valence-electron chi connectivity index (χ2n) is 8.17. The molecule has 10 heteroatoms. The monoisotopic (exact) mass is 570 g/mol. The minimum Gasteiger partial charge on any atom is -0.497 e. The van der Waals surface area contributed by atoms with Gasteiger partial charge in [0.2, 0.25) is 0 Å². The molecule has 0 aliphatic rings. The fraction of sp³-hybridized carbons (Fsp3) is 0.107. The molecule has 2 N–H and O–H groups in total. The van der Waals surface area contributed by atoms with Crippen molar-refractivity contribution < 1.29 is 22.7 Å². The van der Waals surface area contributed by atoms with Gasteiger partial charge in [-0.25, -0.2) is 13.2 Å². The van der Waals surface area contributed by atoms with Crippen LogP contribution in [0.4, 0.5) is 11.4 Å². The van der Waals surface area contributed by atoms with Crippen LogP contribution in [0.3, 0.4) is 0 Å². The number of sulfonamides is 1. The van der Waals surface area contributed by atoms with E-state index in [0.29, 0.717) is 35.1 Å². The molecule has 0 amide bonds. The van der Waals surface area contributed by atoms with Gasteiger partial charge in [0.1, 0.15) is 16.4 Å². The van der Waals surface area contributed by atoms with Crippen molar-refractivity contribution in [3.8, 4) is 11.5 Å². The van der Waals surface area contributed by atoms with E-state index in [-0.39, 0.29) is 21.2 Å². The van der Waals surface area contributed by atoms with Gasteiger partial charge in [-0.2, -0.15) is 0 Å². The average molecular weight is 571 g/mol. The maximum Gasteiger partial charge on any atom is 0.343 e. The minimum absolute atomic E-state index is 0.0409. The molecule has 0 atom stereocenters. The van der Waals surface area contributed by atoms with Crippen molar-refractivity contribution >= 4 is 50.6 Å². The Labute approximate surface area is 231 Å². The number of para-hydroxylation sites is 1. The fourth-order valence-electron chi connectivity index (χ4n) is 3.59. The molecular formula is C28H24Cl2N2O5S. The Bertz CT molecular complexity index is 1540. The van der Waals surface area contributed by atoms with Crippen LogP contribution in [0.1, 0.15) is 15.9 Å². The van der Waals surface area contributed by atoms with Crippen LogP contribution < -0.4 is 19.5 Å². The first kappa shape index (κ1) is 27.3. The maximum absolute atomic E-state index is 13.5. The summed E-state index contributed by atoms with van der Waals surface area (Å²) in [6.45, 7) is 0.437. The Morgan fingerprint density at radius 1 is 0.895 bits per heavy atom. The van der Waals surface area contributed by atoms with Crippen molar-refractivity contribution in [1.29, 1.82) is 0 Å². The molecule has 196 valence electrons. The number of carbonyl (C=O) groups is 1. The fourth-order valence-corrected chi connectivity index (χ4v) is 5.15. The van der Waals surface area contributed by atoms with Crippen molar-refractivity contribution in [3.63, 3.8) is 0 Å². The standard InChI is InChI=1S/C28H24Cl2N2O5S/c1-36-23-6-4-5-22(18-23)32-38(34,35)27-17-20(28(33)37-26-8-3-2-7-24(26)30)11-14-25(27)31-16-15-19-9-12-21(29)13-10-19/h2-14,17-18,31-32H,15-16H2,1H3. The molecular weight excluding hydrogens is 547 g/mol. The molecule has 0 heterocycles. The highest BCUT2D eigenvalue weighted by molar-refractivity contribution is 7.92. The van der Waals surface area contributed by atoms with Crippen molar-refractivity contribution in [3.05, 3.63) is 112 Å². The molecule has 0 bridgehead atoms. The molecule has 0 aliphatic carbocycles. The summed E-state index contributed by atoms with van der Waals surface area (Å²) in [6, 6.07) is 24.7. The lowest BCUT2D eigenvalue weighted by Gasteiger charge is -2.16. The average Bonchev–Trinajstić information content (AvgIpc) is 2.91. The highest BCUT2D eigenvalue weighted by Crippen LogP contribution is 2.29. The van der Waals surface area contributed by atoms with Crippen LogP contribution in [0.25, 0.3) is 0 Å². The summed E-state index contributed by atoms with van der Waals surface area (Å²) < 4.78 is 40.1. The van der Waals surface area contributed by atoms with E-state index in [1.807, 2.05) is 12.1 Å². The van der Waals surface area contributed by atoms with Gasteiger partial charge in [0, 0.05) is 17.6 Å². The van der Waals surface area contributed by atoms with Gasteiger partial charge in [-0.3, -0.25) is 4.72 Å². The van der Waals surface area contributed by atoms with E-state index < -0.39 is 16.0 Å². The molecule has 7 nitrogen and oxygen atoms in total. The van der Waals surface area contributed by atoms with Gasteiger partial charge in [0.05, 0.1) is 29.1 Å². The zero-order valence-corrected chi connectivity index (χ0v) is 22.6.